The van der Waals surface area contributed by atoms with E-state index in [9.17, 15) is 32.8 Å². The van der Waals surface area contributed by atoms with Crippen LogP contribution in [0.1, 0.15) is 50.4 Å². The molecule has 1 aliphatic heterocycles. The highest BCUT2D eigenvalue weighted by Gasteiger charge is 2.44. The highest BCUT2D eigenvalue weighted by atomic mass is 19.4. The van der Waals surface area contributed by atoms with Crippen molar-refractivity contribution in [3.05, 3.63) is 89.1 Å². The Morgan fingerprint density at radius 3 is 2.33 bits per heavy atom. The Morgan fingerprint density at radius 2 is 1.77 bits per heavy atom. The molecule has 0 saturated carbocycles. The molecule has 1 heterocycles. The fraction of sp³-hybridized carbons (Fsp3) is 0.310. The molecule has 1 aliphatic rings. The van der Waals surface area contributed by atoms with Gasteiger partial charge in [-0.2, -0.15) is 18.4 Å². The van der Waals surface area contributed by atoms with Crippen LogP contribution in [-0.4, -0.2) is 41.6 Å². The van der Waals surface area contributed by atoms with Crippen molar-refractivity contribution in [2.24, 2.45) is 0 Å². The molecule has 0 bridgehead atoms. The van der Waals surface area contributed by atoms with Crippen LogP contribution in [0.4, 0.5) is 23.7 Å². The monoisotopic (exact) mass is 555 g/mol. The van der Waals surface area contributed by atoms with Gasteiger partial charge in [-0.1, -0.05) is 30.9 Å². The van der Waals surface area contributed by atoms with E-state index >= 15 is 0 Å². The fourth-order valence-electron chi connectivity index (χ4n) is 4.21. The number of urea groups is 1. The molecule has 0 aromatic heterocycles. The zero-order valence-electron chi connectivity index (χ0n) is 22.4. The standard InChI is InChI=1S/C29H28F3N3O5/c1-6-14-39-26(37)24-18(2)35(22-9-7-8-21(15-22)29(30,31)32)27(38)34(17-23(36)40-28(3,4)5)25(24)20-12-10-19(16-33)11-13-20/h6-13,15,25H,1,14,17H2,2-5H3. The van der Waals surface area contributed by atoms with Gasteiger partial charge < -0.3 is 14.4 Å². The smallest absolute Gasteiger partial charge is 0.416 e. The molecule has 11 heteroatoms. The van der Waals surface area contributed by atoms with Crippen LogP contribution in [0.15, 0.2) is 72.5 Å². The first-order valence-electron chi connectivity index (χ1n) is 12.2. The summed E-state index contributed by atoms with van der Waals surface area (Å²) in [6.45, 7) is 9.02. The second-order valence-corrected chi connectivity index (χ2v) is 9.90. The Bertz CT molecular complexity index is 1390. The quantitative estimate of drug-likeness (QED) is 0.311. The van der Waals surface area contributed by atoms with Gasteiger partial charge in [-0.3, -0.25) is 9.69 Å². The third-order valence-electron chi connectivity index (χ3n) is 5.81. The van der Waals surface area contributed by atoms with Crippen molar-refractivity contribution < 1.29 is 37.0 Å². The maximum absolute atomic E-state index is 14.0. The number of esters is 2. The number of amides is 2. The van der Waals surface area contributed by atoms with Crippen molar-refractivity contribution in [3.8, 4) is 6.07 Å². The van der Waals surface area contributed by atoms with E-state index in [1.807, 2.05) is 6.07 Å². The van der Waals surface area contributed by atoms with Gasteiger partial charge in [-0.25, -0.2) is 9.59 Å². The number of nitriles is 1. The van der Waals surface area contributed by atoms with Gasteiger partial charge in [0.2, 0.25) is 0 Å². The normalized spacial score (nSPS) is 15.9. The molecule has 210 valence electrons. The van der Waals surface area contributed by atoms with Gasteiger partial charge in [0.15, 0.2) is 0 Å². The summed E-state index contributed by atoms with van der Waals surface area (Å²) in [5, 5.41) is 9.22. The number of rotatable bonds is 7. The zero-order chi connectivity index (χ0) is 29.8. The van der Waals surface area contributed by atoms with Crippen LogP contribution in [0, 0.1) is 11.3 Å². The summed E-state index contributed by atoms with van der Waals surface area (Å²) in [5.74, 6) is -1.67. The molecule has 0 radical (unpaired) electrons. The minimum atomic E-state index is -4.70. The van der Waals surface area contributed by atoms with E-state index in [0.29, 0.717) is 11.1 Å². The zero-order valence-corrected chi connectivity index (χ0v) is 22.4. The van der Waals surface area contributed by atoms with Crippen LogP contribution < -0.4 is 4.90 Å². The molecule has 0 spiro atoms. The molecule has 0 aliphatic carbocycles. The van der Waals surface area contributed by atoms with Gasteiger partial charge in [0, 0.05) is 5.70 Å². The number of halogens is 3. The molecule has 0 saturated heterocycles. The van der Waals surface area contributed by atoms with Crippen LogP contribution in [0.25, 0.3) is 0 Å². The highest BCUT2D eigenvalue weighted by molar-refractivity contribution is 6.04. The van der Waals surface area contributed by atoms with Crippen LogP contribution in [-0.2, 0) is 25.2 Å². The van der Waals surface area contributed by atoms with Crippen LogP contribution in [0.2, 0.25) is 0 Å². The van der Waals surface area contributed by atoms with E-state index in [-0.39, 0.29) is 23.6 Å². The number of carbonyl (C=O) groups excluding carboxylic acids is 3. The fourth-order valence-corrected chi connectivity index (χ4v) is 4.21. The van der Waals surface area contributed by atoms with Crippen molar-refractivity contribution in [1.29, 1.82) is 5.26 Å². The number of carbonyl (C=O) groups is 3. The predicted molar refractivity (Wildman–Crippen MR) is 140 cm³/mol. The van der Waals surface area contributed by atoms with Crippen molar-refractivity contribution in [2.45, 2.75) is 45.5 Å². The lowest BCUT2D eigenvalue weighted by Gasteiger charge is -2.42. The van der Waals surface area contributed by atoms with Gasteiger partial charge in [0.05, 0.1) is 34.5 Å². The number of hydrogen-bond acceptors (Lipinski definition) is 6. The van der Waals surface area contributed by atoms with E-state index in [1.165, 1.54) is 43.3 Å². The number of benzene rings is 2. The van der Waals surface area contributed by atoms with Crippen molar-refractivity contribution in [3.63, 3.8) is 0 Å². The maximum Gasteiger partial charge on any atom is 0.416 e. The summed E-state index contributed by atoms with van der Waals surface area (Å²) in [6.07, 6.45) is -3.36. The molecular formula is C29H28F3N3O5. The highest BCUT2D eigenvalue weighted by Crippen LogP contribution is 2.41. The van der Waals surface area contributed by atoms with Crippen molar-refractivity contribution in [1.82, 2.24) is 4.90 Å². The SMILES string of the molecule is C=CCOC(=O)C1=C(C)N(c2cccc(C(F)(F)F)c2)C(=O)N(CC(=O)OC(C)(C)C)C1c1ccc(C#N)cc1. The van der Waals surface area contributed by atoms with Gasteiger partial charge in [0.1, 0.15) is 18.8 Å². The lowest BCUT2D eigenvalue weighted by Crippen LogP contribution is -2.53. The first-order chi connectivity index (χ1) is 18.7. The molecule has 1 unspecified atom stereocenters. The molecule has 0 fully saturated rings. The summed E-state index contributed by atoms with van der Waals surface area (Å²) in [4.78, 5) is 42.3. The second-order valence-electron chi connectivity index (χ2n) is 9.90. The third-order valence-corrected chi connectivity index (χ3v) is 5.81. The summed E-state index contributed by atoms with van der Waals surface area (Å²) in [6, 6.07) is 9.99. The minimum Gasteiger partial charge on any atom is -0.459 e. The lowest BCUT2D eigenvalue weighted by atomic mass is 9.92. The predicted octanol–water partition coefficient (Wildman–Crippen LogP) is 5.91. The third kappa shape index (κ3) is 6.69. The molecule has 1 atom stereocenters. The van der Waals surface area contributed by atoms with Crippen molar-refractivity contribution >= 4 is 23.7 Å². The van der Waals surface area contributed by atoms with E-state index in [1.54, 1.807) is 20.8 Å². The number of ether oxygens (including phenoxy) is 2. The van der Waals surface area contributed by atoms with E-state index in [0.717, 1.165) is 28.0 Å². The van der Waals surface area contributed by atoms with Crippen molar-refractivity contribution in [2.75, 3.05) is 18.1 Å². The molecule has 3 rings (SSSR count). The van der Waals surface area contributed by atoms with Gasteiger partial charge >= 0.3 is 24.1 Å². The molecule has 0 N–H and O–H groups in total. The van der Waals surface area contributed by atoms with Gasteiger partial charge in [0.25, 0.3) is 0 Å². The molecule has 2 amide bonds. The Labute approximate surface area is 229 Å². The van der Waals surface area contributed by atoms with Gasteiger partial charge in [-0.15, -0.1) is 0 Å². The Hall–Kier alpha value is -4.59. The van der Waals surface area contributed by atoms with E-state index in [2.05, 4.69) is 6.58 Å². The average molecular weight is 556 g/mol. The van der Waals surface area contributed by atoms with Crippen LogP contribution >= 0.6 is 0 Å². The lowest BCUT2D eigenvalue weighted by molar-refractivity contribution is -0.156. The maximum atomic E-state index is 14.0. The van der Waals surface area contributed by atoms with E-state index < -0.39 is 47.9 Å². The second kappa shape index (κ2) is 11.7. The number of nitrogens with zero attached hydrogens (tertiary/aromatic N) is 3. The molecule has 8 nitrogen and oxygen atoms in total. The van der Waals surface area contributed by atoms with Gasteiger partial charge in [-0.05, 0) is 63.6 Å². The summed E-state index contributed by atoms with van der Waals surface area (Å²) in [5.41, 5.74) is -1.48. The number of anilines is 1. The van der Waals surface area contributed by atoms with Crippen LogP contribution in [0.5, 0.6) is 0 Å². The molecule has 40 heavy (non-hydrogen) atoms. The average Bonchev–Trinajstić information content (AvgIpc) is 2.87. The first-order valence-corrected chi connectivity index (χ1v) is 12.2. The van der Waals surface area contributed by atoms with E-state index in [4.69, 9.17) is 9.47 Å². The first kappa shape index (κ1) is 30.0. The summed E-state index contributed by atoms with van der Waals surface area (Å²) in [7, 11) is 0. The molecule has 2 aromatic carbocycles. The molecule has 2 aromatic rings. The Morgan fingerprint density at radius 1 is 1.12 bits per heavy atom. The largest absolute Gasteiger partial charge is 0.459 e. The number of alkyl halides is 3. The summed E-state index contributed by atoms with van der Waals surface area (Å²) >= 11 is 0. The Kier molecular flexibility index (Phi) is 8.73. The number of allylic oxidation sites excluding steroid dienone is 1. The summed E-state index contributed by atoms with van der Waals surface area (Å²) < 4.78 is 51.3. The minimum absolute atomic E-state index is 0.00758. The number of hydrogen-bond donors (Lipinski definition) is 0. The topological polar surface area (TPSA) is 99.9 Å². The van der Waals surface area contributed by atoms with Crippen LogP contribution in [0.3, 0.4) is 0 Å². The Balaban J connectivity index is 2.28. The molecular weight excluding hydrogens is 527 g/mol.